The SMILES string of the molecule is CC(C)(C)OC(=O)NC1CS(=O)(=O)CC1O. The molecule has 94 valence electrons. The van der Waals surface area contributed by atoms with E-state index in [1.54, 1.807) is 20.8 Å². The van der Waals surface area contributed by atoms with E-state index in [0.29, 0.717) is 0 Å². The molecule has 0 saturated carbocycles. The van der Waals surface area contributed by atoms with Crippen LogP contribution in [0.5, 0.6) is 0 Å². The van der Waals surface area contributed by atoms with Crippen LogP contribution in [-0.4, -0.2) is 48.9 Å². The minimum atomic E-state index is -3.25. The third-order valence-electron chi connectivity index (χ3n) is 2.02. The van der Waals surface area contributed by atoms with Gasteiger partial charge in [0.2, 0.25) is 0 Å². The Morgan fingerprint density at radius 2 is 1.94 bits per heavy atom. The maximum Gasteiger partial charge on any atom is 0.407 e. The fraction of sp³-hybridized carbons (Fsp3) is 0.889. The molecule has 0 radical (unpaired) electrons. The van der Waals surface area contributed by atoms with Crippen molar-refractivity contribution in [1.29, 1.82) is 0 Å². The highest BCUT2D eigenvalue weighted by atomic mass is 32.2. The number of nitrogens with one attached hydrogen (secondary N) is 1. The highest BCUT2D eigenvalue weighted by molar-refractivity contribution is 7.91. The number of hydrogen-bond donors (Lipinski definition) is 2. The van der Waals surface area contributed by atoms with Crippen molar-refractivity contribution < 1.29 is 23.1 Å². The molecule has 6 nitrogen and oxygen atoms in total. The van der Waals surface area contributed by atoms with Crippen molar-refractivity contribution in [1.82, 2.24) is 5.32 Å². The second-order valence-corrected chi connectivity index (χ2v) is 7.05. The van der Waals surface area contributed by atoms with E-state index >= 15 is 0 Å². The van der Waals surface area contributed by atoms with Crippen LogP contribution >= 0.6 is 0 Å². The predicted octanol–water partition coefficient (Wildman–Crippen LogP) is -0.331. The molecule has 1 saturated heterocycles. The summed E-state index contributed by atoms with van der Waals surface area (Å²) in [5.41, 5.74) is -0.646. The number of aliphatic hydroxyl groups is 1. The number of hydrogen-bond acceptors (Lipinski definition) is 5. The molecule has 1 aliphatic rings. The van der Waals surface area contributed by atoms with Gasteiger partial charge in [0.15, 0.2) is 9.84 Å². The number of sulfone groups is 1. The summed E-state index contributed by atoms with van der Waals surface area (Å²) in [6, 6.07) is -0.778. The van der Waals surface area contributed by atoms with Crippen LogP contribution in [0.1, 0.15) is 20.8 Å². The van der Waals surface area contributed by atoms with Gasteiger partial charge in [-0.15, -0.1) is 0 Å². The monoisotopic (exact) mass is 251 g/mol. The molecular weight excluding hydrogens is 234 g/mol. The summed E-state index contributed by atoms with van der Waals surface area (Å²) in [5.74, 6) is -0.555. The van der Waals surface area contributed by atoms with Crippen molar-refractivity contribution in [3.05, 3.63) is 0 Å². The van der Waals surface area contributed by atoms with E-state index in [2.05, 4.69) is 5.32 Å². The zero-order valence-electron chi connectivity index (χ0n) is 9.56. The maximum absolute atomic E-state index is 11.3. The summed E-state index contributed by atoms with van der Waals surface area (Å²) in [7, 11) is -3.25. The quantitative estimate of drug-likeness (QED) is 0.665. The topological polar surface area (TPSA) is 92.7 Å². The van der Waals surface area contributed by atoms with Crippen molar-refractivity contribution in [2.75, 3.05) is 11.5 Å². The first-order valence-corrected chi connectivity index (χ1v) is 6.79. The molecule has 0 aliphatic carbocycles. The van der Waals surface area contributed by atoms with Crippen LogP contribution in [0.25, 0.3) is 0 Å². The number of amides is 1. The molecule has 7 heteroatoms. The molecule has 2 atom stereocenters. The molecule has 0 aromatic rings. The van der Waals surface area contributed by atoms with E-state index in [0.717, 1.165) is 0 Å². The van der Waals surface area contributed by atoms with Crippen molar-refractivity contribution in [3.8, 4) is 0 Å². The second-order valence-electron chi connectivity index (χ2n) is 4.90. The maximum atomic E-state index is 11.3. The van der Waals surface area contributed by atoms with Crippen LogP contribution in [0.4, 0.5) is 4.79 Å². The Hall–Kier alpha value is -0.820. The lowest BCUT2D eigenvalue weighted by Crippen LogP contribution is -2.44. The molecular formula is C9H17NO5S. The Morgan fingerprint density at radius 1 is 1.38 bits per heavy atom. The molecule has 1 aliphatic heterocycles. The first-order valence-electron chi connectivity index (χ1n) is 4.97. The first kappa shape index (κ1) is 13.2. The van der Waals surface area contributed by atoms with Gasteiger partial charge in [0, 0.05) is 0 Å². The Labute approximate surface area is 94.9 Å². The van der Waals surface area contributed by atoms with Crippen LogP contribution in [-0.2, 0) is 14.6 Å². The van der Waals surface area contributed by atoms with Crippen molar-refractivity contribution in [3.63, 3.8) is 0 Å². The predicted molar refractivity (Wildman–Crippen MR) is 57.8 cm³/mol. The number of carbonyl (C=O) groups is 1. The number of ether oxygens (including phenoxy) is 1. The van der Waals surface area contributed by atoms with Gasteiger partial charge in [-0.1, -0.05) is 0 Å². The Morgan fingerprint density at radius 3 is 2.31 bits per heavy atom. The van der Waals surface area contributed by atoms with Gasteiger partial charge in [0.1, 0.15) is 5.60 Å². The third-order valence-corrected chi connectivity index (χ3v) is 3.74. The van der Waals surface area contributed by atoms with E-state index < -0.39 is 33.7 Å². The molecule has 2 N–H and O–H groups in total. The Balaban J connectivity index is 2.53. The third kappa shape index (κ3) is 3.97. The summed E-state index contributed by atoms with van der Waals surface area (Å²) in [6.07, 6.45) is -1.77. The summed E-state index contributed by atoms with van der Waals surface area (Å²) in [6.45, 7) is 5.11. The average molecular weight is 251 g/mol. The molecule has 1 heterocycles. The Bertz CT molecular complexity index is 370. The standard InChI is InChI=1S/C9H17NO5S/c1-9(2,3)15-8(12)10-6-4-16(13,14)5-7(6)11/h6-7,11H,4-5H2,1-3H3,(H,10,12). The van der Waals surface area contributed by atoms with Gasteiger partial charge in [-0.2, -0.15) is 0 Å². The van der Waals surface area contributed by atoms with Gasteiger partial charge in [0.05, 0.1) is 23.7 Å². The van der Waals surface area contributed by atoms with E-state index in [9.17, 15) is 18.3 Å². The lowest BCUT2D eigenvalue weighted by atomic mass is 10.2. The first-order chi connectivity index (χ1) is 7.09. The molecule has 0 spiro atoms. The van der Waals surface area contributed by atoms with E-state index in [1.165, 1.54) is 0 Å². The Kier molecular flexibility index (Phi) is 3.49. The highest BCUT2D eigenvalue weighted by Gasteiger charge is 2.38. The number of alkyl carbamates (subject to hydrolysis) is 1. The fourth-order valence-corrected chi connectivity index (χ4v) is 3.17. The highest BCUT2D eigenvalue weighted by Crippen LogP contribution is 2.13. The summed E-state index contributed by atoms with van der Waals surface area (Å²) >= 11 is 0. The number of carbonyl (C=O) groups excluding carboxylic acids is 1. The van der Waals surface area contributed by atoms with Gasteiger partial charge in [-0.05, 0) is 20.8 Å². The lowest BCUT2D eigenvalue weighted by Gasteiger charge is -2.22. The summed E-state index contributed by atoms with van der Waals surface area (Å²) < 4.78 is 27.3. The van der Waals surface area contributed by atoms with Crippen molar-refractivity contribution in [2.45, 2.75) is 38.5 Å². The smallest absolute Gasteiger partial charge is 0.407 e. The molecule has 1 amide bonds. The average Bonchev–Trinajstić information content (AvgIpc) is 2.19. The van der Waals surface area contributed by atoms with Crippen LogP contribution < -0.4 is 5.32 Å². The summed E-state index contributed by atoms with van der Waals surface area (Å²) in [4.78, 5) is 11.3. The minimum absolute atomic E-state index is 0.243. The second kappa shape index (κ2) is 4.21. The molecule has 16 heavy (non-hydrogen) atoms. The molecule has 2 unspecified atom stereocenters. The van der Waals surface area contributed by atoms with Gasteiger partial charge in [0.25, 0.3) is 0 Å². The molecule has 1 rings (SSSR count). The number of rotatable bonds is 1. The molecule has 0 aromatic carbocycles. The van der Waals surface area contributed by atoms with Crippen molar-refractivity contribution in [2.24, 2.45) is 0 Å². The van der Waals surface area contributed by atoms with Crippen LogP contribution in [0.3, 0.4) is 0 Å². The zero-order valence-corrected chi connectivity index (χ0v) is 10.4. The van der Waals surface area contributed by atoms with Gasteiger partial charge in [-0.25, -0.2) is 13.2 Å². The lowest BCUT2D eigenvalue weighted by molar-refractivity contribution is 0.0461. The largest absolute Gasteiger partial charge is 0.444 e. The van der Waals surface area contributed by atoms with E-state index in [1.807, 2.05) is 0 Å². The van der Waals surface area contributed by atoms with Crippen molar-refractivity contribution >= 4 is 15.9 Å². The summed E-state index contributed by atoms with van der Waals surface area (Å²) in [5, 5.41) is 11.8. The number of aliphatic hydroxyl groups excluding tert-OH is 1. The minimum Gasteiger partial charge on any atom is -0.444 e. The zero-order chi connectivity index (χ0) is 12.6. The fourth-order valence-electron chi connectivity index (χ4n) is 1.43. The normalized spacial score (nSPS) is 28.8. The molecule has 1 fully saturated rings. The van der Waals surface area contributed by atoms with E-state index in [4.69, 9.17) is 4.74 Å². The van der Waals surface area contributed by atoms with Crippen LogP contribution in [0.15, 0.2) is 0 Å². The van der Waals surface area contributed by atoms with Crippen LogP contribution in [0, 0.1) is 0 Å². The van der Waals surface area contributed by atoms with Gasteiger partial charge in [-0.3, -0.25) is 0 Å². The van der Waals surface area contributed by atoms with Gasteiger partial charge >= 0.3 is 6.09 Å². The van der Waals surface area contributed by atoms with Gasteiger partial charge < -0.3 is 15.2 Å². The molecule has 0 aromatic heterocycles. The van der Waals surface area contributed by atoms with E-state index in [-0.39, 0.29) is 11.5 Å². The molecule has 0 bridgehead atoms. The van der Waals surface area contributed by atoms with Crippen LogP contribution in [0.2, 0.25) is 0 Å².